The number of aromatic nitrogens is 4. The molecule has 1 aliphatic rings. The zero-order chi connectivity index (χ0) is 23.4. The molecule has 33 heavy (non-hydrogen) atoms. The van der Waals surface area contributed by atoms with E-state index in [4.69, 9.17) is 23.2 Å². The van der Waals surface area contributed by atoms with Crippen molar-refractivity contribution in [1.82, 2.24) is 25.1 Å². The van der Waals surface area contributed by atoms with Crippen LogP contribution >= 0.6 is 23.2 Å². The van der Waals surface area contributed by atoms with Gasteiger partial charge in [0.15, 0.2) is 0 Å². The van der Waals surface area contributed by atoms with E-state index in [0.717, 1.165) is 30.9 Å². The number of nitrogens with one attached hydrogen (secondary N) is 2. The van der Waals surface area contributed by atoms with Gasteiger partial charge in [-0.3, -0.25) is 14.3 Å². The number of aryl methyl sites for hydroxylation is 3. The lowest BCUT2D eigenvalue weighted by Gasteiger charge is -2.17. The Balaban J connectivity index is 1.41. The van der Waals surface area contributed by atoms with E-state index in [1.165, 1.54) is 18.0 Å². The number of rotatable bonds is 8. The largest absolute Gasteiger partial charge is 0.481 e. The predicted octanol–water partition coefficient (Wildman–Crippen LogP) is 3.53. The molecule has 0 radical (unpaired) electrons. The van der Waals surface area contributed by atoms with Crippen LogP contribution in [0.4, 0.5) is 5.82 Å². The third kappa shape index (κ3) is 6.00. The minimum Gasteiger partial charge on any atom is -0.481 e. The molecule has 1 aromatic carbocycles. The second kappa shape index (κ2) is 10.2. The summed E-state index contributed by atoms with van der Waals surface area (Å²) in [6.07, 6.45) is 3.88. The van der Waals surface area contributed by atoms with Crippen molar-refractivity contribution < 1.29 is 14.7 Å². The third-order valence-corrected chi connectivity index (χ3v) is 5.70. The van der Waals surface area contributed by atoms with Gasteiger partial charge < -0.3 is 15.7 Å². The molecule has 0 saturated carbocycles. The summed E-state index contributed by atoms with van der Waals surface area (Å²) in [5.74, 6) is -0.796. The first kappa shape index (κ1) is 23.0. The molecule has 0 spiro atoms. The van der Waals surface area contributed by atoms with Gasteiger partial charge in [0.05, 0.1) is 12.5 Å². The molecule has 3 aromatic rings. The van der Waals surface area contributed by atoms with Gasteiger partial charge in [-0.15, -0.1) is 5.10 Å². The highest BCUT2D eigenvalue weighted by Crippen LogP contribution is 2.26. The number of pyridine rings is 1. The summed E-state index contributed by atoms with van der Waals surface area (Å²) >= 11 is 12.1. The lowest BCUT2D eigenvalue weighted by molar-refractivity contribution is -0.137. The molecule has 172 valence electrons. The quantitative estimate of drug-likeness (QED) is 0.443. The highest BCUT2D eigenvalue weighted by Gasteiger charge is 2.22. The molecule has 3 N–H and O–H groups in total. The van der Waals surface area contributed by atoms with Crippen LogP contribution in [0, 0.1) is 0 Å². The number of amides is 1. The number of carbonyl (C=O) groups is 2. The Morgan fingerprint density at radius 3 is 2.76 bits per heavy atom. The average molecular weight is 489 g/mol. The molecule has 3 heterocycles. The zero-order valence-corrected chi connectivity index (χ0v) is 19.1. The molecular weight excluding hydrogens is 467 g/mol. The number of carboxylic acids is 1. The Labute approximate surface area is 200 Å². The number of hydrogen-bond donors (Lipinski definition) is 3. The van der Waals surface area contributed by atoms with Gasteiger partial charge in [0.1, 0.15) is 12.1 Å². The van der Waals surface area contributed by atoms with Crippen molar-refractivity contribution >= 4 is 40.9 Å². The van der Waals surface area contributed by atoms with Crippen molar-refractivity contribution in [2.24, 2.45) is 0 Å². The van der Waals surface area contributed by atoms with E-state index in [1.54, 1.807) is 16.8 Å². The summed E-state index contributed by atoms with van der Waals surface area (Å²) in [5.41, 5.74) is 2.63. The zero-order valence-electron chi connectivity index (χ0n) is 17.6. The number of hydrogen-bond acceptors (Lipinski definition) is 6. The van der Waals surface area contributed by atoms with Gasteiger partial charge in [0, 0.05) is 35.2 Å². The van der Waals surface area contributed by atoms with Crippen molar-refractivity contribution in [3.05, 3.63) is 69.3 Å². The maximum atomic E-state index is 12.7. The van der Waals surface area contributed by atoms with E-state index in [1.807, 2.05) is 6.07 Å². The fraction of sp³-hybridized carbons (Fsp3) is 0.318. The normalized spacial score (nSPS) is 13.6. The SMILES string of the molecule is O=C(O)CC(NC(=O)c1ncn(CCc2ccc3c(n2)NCCC3)n1)c1cc(Cl)cc(Cl)c1. The Hall–Kier alpha value is -3.17. The lowest BCUT2D eigenvalue weighted by atomic mass is 10.0. The summed E-state index contributed by atoms with van der Waals surface area (Å²) < 4.78 is 1.56. The van der Waals surface area contributed by atoms with E-state index in [0.29, 0.717) is 28.6 Å². The van der Waals surface area contributed by atoms with Gasteiger partial charge in [0.2, 0.25) is 5.82 Å². The first-order valence-electron chi connectivity index (χ1n) is 10.5. The molecule has 0 fully saturated rings. The molecule has 2 aromatic heterocycles. The number of carbonyl (C=O) groups excluding carboxylic acids is 1. The fourth-order valence-electron chi connectivity index (χ4n) is 3.67. The van der Waals surface area contributed by atoms with Gasteiger partial charge in [-0.2, -0.15) is 0 Å². The minimum atomic E-state index is -1.08. The Morgan fingerprint density at radius 2 is 2.00 bits per heavy atom. The van der Waals surface area contributed by atoms with Crippen LogP contribution in [-0.4, -0.2) is 43.3 Å². The molecular formula is C22H22Cl2N6O3. The number of fused-ring (bicyclic) bond motifs is 1. The first-order valence-corrected chi connectivity index (χ1v) is 11.2. The predicted molar refractivity (Wildman–Crippen MR) is 124 cm³/mol. The number of carboxylic acid groups (broad SMARTS) is 1. The lowest BCUT2D eigenvalue weighted by Crippen LogP contribution is -2.31. The molecule has 1 atom stereocenters. The van der Waals surface area contributed by atoms with Crippen molar-refractivity contribution in [3.8, 4) is 0 Å². The number of halogens is 2. The topological polar surface area (TPSA) is 122 Å². The summed E-state index contributed by atoms with van der Waals surface area (Å²) in [6.45, 7) is 1.42. The molecule has 0 bridgehead atoms. The summed E-state index contributed by atoms with van der Waals surface area (Å²) in [7, 11) is 0. The van der Waals surface area contributed by atoms with Gasteiger partial charge in [-0.05, 0) is 48.2 Å². The second-order valence-corrected chi connectivity index (χ2v) is 8.62. The van der Waals surface area contributed by atoms with Crippen LogP contribution in [0.3, 0.4) is 0 Å². The smallest absolute Gasteiger partial charge is 0.305 e. The Morgan fingerprint density at radius 1 is 1.21 bits per heavy atom. The molecule has 0 saturated heterocycles. The van der Waals surface area contributed by atoms with E-state index >= 15 is 0 Å². The molecule has 9 nitrogen and oxygen atoms in total. The number of anilines is 1. The molecule has 11 heteroatoms. The summed E-state index contributed by atoms with van der Waals surface area (Å²) in [4.78, 5) is 32.7. The molecule has 4 rings (SSSR count). The van der Waals surface area contributed by atoms with E-state index in [9.17, 15) is 14.7 Å². The van der Waals surface area contributed by atoms with Gasteiger partial charge in [-0.25, -0.2) is 9.97 Å². The van der Waals surface area contributed by atoms with Crippen LogP contribution in [0.2, 0.25) is 10.0 Å². The minimum absolute atomic E-state index is 0.0569. The van der Waals surface area contributed by atoms with Crippen LogP contribution in [0.1, 0.15) is 46.3 Å². The highest BCUT2D eigenvalue weighted by molar-refractivity contribution is 6.34. The molecule has 1 amide bonds. The Bertz CT molecular complexity index is 1160. The summed E-state index contributed by atoms with van der Waals surface area (Å²) in [6, 6.07) is 7.91. The van der Waals surface area contributed by atoms with Gasteiger partial charge in [-0.1, -0.05) is 29.3 Å². The van der Waals surface area contributed by atoms with Crippen LogP contribution in [-0.2, 0) is 24.2 Å². The fourth-order valence-corrected chi connectivity index (χ4v) is 4.21. The van der Waals surface area contributed by atoms with Crippen LogP contribution in [0.25, 0.3) is 0 Å². The Kier molecular flexibility index (Phi) is 7.10. The second-order valence-electron chi connectivity index (χ2n) is 7.75. The van der Waals surface area contributed by atoms with Gasteiger partial charge in [0.25, 0.3) is 5.91 Å². The van der Waals surface area contributed by atoms with E-state index in [-0.39, 0.29) is 12.2 Å². The molecule has 1 aliphatic heterocycles. The van der Waals surface area contributed by atoms with Gasteiger partial charge >= 0.3 is 5.97 Å². The van der Waals surface area contributed by atoms with Crippen LogP contribution in [0.5, 0.6) is 0 Å². The first-order chi connectivity index (χ1) is 15.9. The van der Waals surface area contributed by atoms with Crippen molar-refractivity contribution in [3.63, 3.8) is 0 Å². The monoisotopic (exact) mass is 488 g/mol. The standard InChI is InChI=1S/C22H22Cl2N6O3/c23-15-8-14(9-16(24)10-15)18(11-19(31)32)28-22(33)21-26-12-30(29-21)7-5-17-4-3-13-2-1-6-25-20(13)27-17/h3-4,8-10,12,18H,1-2,5-7,11H2,(H,25,27)(H,28,33)(H,31,32). The molecule has 0 aliphatic carbocycles. The van der Waals surface area contributed by atoms with Crippen LogP contribution in [0.15, 0.2) is 36.7 Å². The maximum Gasteiger partial charge on any atom is 0.305 e. The highest BCUT2D eigenvalue weighted by atomic mass is 35.5. The molecule has 1 unspecified atom stereocenters. The number of aliphatic carboxylic acids is 1. The van der Waals surface area contributed by atoms with Crippen molar-refractivity contribution in [1.29, 1.82) is 0 Å². The number of nitrogens with zero attached hydrogens (tertiary/aromatic N) is 4. The third-order valence-electron chi connectivity index (χ3n) is 5.26. The van der Waals surface area contributed by atoms with Crippen LogP contribution < -0.4 is 10.6 Å². The maximum absolute atomic E-state index is 12.7. The number of benzene rings is 1. The average Bonchev–Trinajstić information content (AvgIpc) is 3.25. The van der Waals surface area contributed by atoms with E-state index in [2.05, 4.69) is 31.8 Å². The van der Waals surface area contributed by atoms with Crippen molar-refractivity contribution in [2.75, 3.05) is 11.9 Å². The van der Waals surface area contributed by atoms with Crippen molar-refractivity contribution in [2.45, 2.75) is 38.3 Å². The van der Waals surface area contributed by atoms with E-state index < -0.39 is 17.9 Å². The summed E-state index contributed by atoms with van der Waals surface area (Å²) in [5, 5.41) is 20.1.